The van der Waals surface area contributed by atoms with Gasteiger partial charge in [-0.05, 0) is 5.56 Å². The van der Waals surface area contributed by atoms with Gasteiger partial charge in [-0.2, -0.15) is 0 Å². The third-order valence-electron chi connectivity index (χ3n) is 3.88. The fourth-order valence-electron chi connectivity index (χ4n) is 2.68. The van der Waals surface area contributed by atoms with E-state index in [-0.39, 0.29) is 29.3 Å². The molecule has 2 aliphatic heterocycles. The highest BCUT2D eigenvalue weighted by Crippen LogP contribution is 2.31. The number of nitro groups is 1. The Morgan fingerprint density at radius 3 is 2.64 bits per heavy atom. The van der Waals surface area contributed by atoms with Crippen LogP contribution in [-0.2, 0) is 15.6 Å². The molecule has 0 aromatic heterocycles. The maximum absolute atomic E-state index is 11.6. The van der Waals surface area contributed by atoms with Crippen LogP contribution in [0.15, 0.2) is 29.3 Å². The van der Waals surface area contributed by atoms with E-state index in [0.717, 1.165) is 10.7 Å². The minimum atomic E-state index is -2.96. The van der Waals surface area contributed by atoms with Crippen molar-refractivity contribution in [2.75, 3.05) is 18.6 Å². The summed E-state index contributed by atoms with van der Waals surface area (Å²) in [6, 6.07) is 6.21. The molecule has 0 N–H and O–H groups in total. The van der Waals surface area contributed by atoms with Gasteiger partial charge in [0.25, 0.3) is 5.69 Å². The zero-order chi connectivity index (χ0) is 15.9. The van der Waals surface area contributed by atoms with Gasteiger partial charge in [-0.3, -0.25) is 15.1 Å². The summed E-state index contributed by atoms with van der Waals surface area (Å²) in [5, 5.41) is 11.4. The number of hydrogen-bond acceptors (Lipinski definition) is 7. The van der Waals surface area contributed by atoms with Crippen LogP contribution >= 0.6 is 11.8 Å². The maximum Gasteiger partial charge on any atom is 0.269 e. The molecule has 1 aromatic carbocycles. The summed E-state index contributed by atoms with van der Waals surface area (Å²) in [5.74, 6) is 0.941. The van der Waals surface area contributed by atoms with E-state index < -0.39 is 14.8 Å². The first-order valence-electron chi connectivity index (χ1n) is 6.73. The number of nitro benzene ring substituents is 1. The Morgan fingerprint density at radius 2 is 2.05 bits per heavy atom. The molecule has 1 saturated heterocycles. The molecule has 2 heterocycles. The topological polar surface area (TPSA) is 92.9 Å². The van der Waals surface area contributed by atoms with Gasteiger partial charge in [-0.1, -0.05) is 23.9 Å². The summed E-state index contributed by atoms with van der Waals surface area (Å²) < 4.78 is 23.2. The number of likely N-dealkylation sites (N-methyl/N-ethyl adjacent to an activating group) is 1. The molecule has 1 aromatic rings. The van der Waals surface area contributed by atoms with Crippen LogP contribution in [0.25, 0.3) is 0 Å². The third-order valence-corrected chi connectivity index (χ3v) is 6.71. The van der Waals surface area contributed by atoms with Crippen molar-refractivity contribution in [3.05, 3.63) is 39.9 Å². The van der Waals surface area contributed by atoms with E-state index in [2.05, 4.69) is 4.99 Å². The lowest BCUT2D eigenvalue weighted by molar-refractivity contribution is -0.384. The number of thioether (sulfide) groups is 1. The molecule has 2 atom stereocenters. The lowest BCUT2D eigenvalue weighted by Gasteiger charge is -2.20. The lowest BCUT2D eigenvalue weighted by Crippen LogP contribution is -2.35. The number of nitrogens with zero attached hydrogens (tertiary/aromatic N) is 3. The van der Waals surface area contributed by atoms with Gasteiger partial charge in [0.2, 0.25) is 0 Å². The van der Waals surface area contributed by atoms with Crippen LogP contribution in [0.3, 0.4) is 0 Å². The predicted octanol–water partition coefficient (Wildman–Crippen LogP) is 1.29. The van der Waals surface area contributed by atoms with Crippen LogP contribution in [0.1, 0.15) is 5.56 Å². The van der Waals surface area contributed by atoms with Crippen molar-refractivity contribution in [1.29, 1.82) is 0 Å². The second-order valence-electron chi connectivity index (χ2n) is 5.45. The van der Waals surface area contributed by atoms with Crippen LogP contribution < -0.4 is 0 Å². The van der Waals surface area contributed by atoms with Gasteiger partial charge < -0.3 is 4.90 Å². The van der Waals surface area contributed by atoms with Crippen molar-refractivity contribution in [3.63, 3.8) is 0 Å². The SMILES string of the molecule is CN1C(SCc2ccc([N+](=O)[O-])cc2)=NC2CS(=O)(=O)CC21. The number of aliphatic imine (C=N–C) groups is 1. The van der Waals surface area contributed by atoms with E-state index in [0.29, 0.717) is 5.75 Å². The Morgan fingerprint density at radius 1 is 1.36 bits per heavy atom. The van der Waals surface area contributed by atoms with Gasteiger partial charge in [0.15, 0.2) is 15.0 Å². The van der Waals surface area contributed by atoms with Crippen LogP contribution in [0.5, 0.6) is 0 Å². The molecule has 22 heavy (non-hydrogen) atoms. The molecule has 9 heteroatoms. The summed E-state index contributed by atoms with van der Waals surface area (Å²) in [4.78, 5) is 16.6. The Labute approximate surface area is 132 Å². The van der Waals surface area contributed by atoms with Crippen molar-refractivity contribution in [3.8, 4) is 0 Å². The number of benzene rings is 1. The number of hydrogen-bond donors (Lipinski definition) is 0. The number of rotatable bonds is 3. The second kappa shape index (κ2) is 5.54. The second-order valence-corrected chi connectivity index (χ2v) is 8.54. The minimum Gasteiger partial charge on any atom is -0.348 e. The molecule has 0 bridgehead atoms. The van der Waals surface area contributed by atoms with Gasteiger partial charge in [0.1, 0.15) is 0 Å². The van der Waals surface area contributed by atoms with Crippen LogP contribution in [0.2, 0.25) is 0 Å². The van der Waals surface area contributed by atoms with Crippen LogP contribution in [0, 0.1) is 10.1 Å². The highest BCUT2D eigenvalue weighted by molar-refractivity contribution is 8.13. The summed E-state index contributed by atoms with van der Waals surface area (Å²) in [6.45, 7) is 0. The fourth-order valence-corrected chi connectivity index (χ4v) is 5.64. The molecule has 0 radical (unpaired) electrons. The lowest BCUT2D eigenvalue weighted by atomic mass is 10.2. The molecule has 2 unspecified atom stereocenters. The largest absolute Gasteiger partial charge is 0.348 e. The van der Waals surface area contributed by atoms with Crippen molar-refractivity contribution >= 4 is 32.5 Å². The van der Waals surface area contributed by atoms with Crippen LogP contribution in [0.4, 0.5) is 5.69 Å². The van der Waals surface area contributed by atoms with Crippen molar-refractivity contribution in [2.24, 2.45) is 4.99 Å². The molecule has 118 valence electrons. The summed E-state index contributed by atoms with van der Waals surface area (Å²) in [7, 11) is -1.10. The minimum absolute atomic E-state index is 0.0515. The maximum atomic E-state index is 11.6. The summed E-state index contributed by atoms with van der Waals surface area (Å²) in [5.41, 5.74) is 1.04. The normalized spacial score (nSPS) is 25.9. The first kappa shape index (κ1) is 15.3. The summed E-state index contributed by atoms with van der Waals surface area (Å²) >= 11 is 1.53. The van der Waals surface area contributed by atoms with Gasteiger partial charge in [-0.15, -0.1) is 0 Å². The quantitative estimate of drug-likeness (QED) is 0.608. The van der Waals surface area contributed by atoms with Gasteiger partial charge in [0, 0.05) is 24.9 Å². The molecule has 0 spiro atoms. The average Bonchev–Trinajstić information content (AvgIpc) is 2.91. The van der Waals surface area contributed by atoms with Crippen molar-refractivity contribution in [1.82, 2.24) is 4.90 Å². The molecular formula is C13H15N3O4S2. The molecular weight excluding hydrogens is 326 g/mol. The Kier molecular flexibility index (Phi) is 3.85. The van der Waals surface area contributed by atoms with E-state index in [1.165, 1.54) is 23.9 Å². The molecule has 1 fully saturated rings. The monoisotopic (exact) mass is 341 g/mol. The summed E-state index contributed by atoms with van der Waals surface area (Å²) in [6.07, 6.45) is 0. The average molecular weight is 341 g/mol. The number of non-ortho nitro benzene ring substituents is 1. The number of amidine groups is 1. The number of sulfone groups is 1. The van der Waals surface area contributed by atoms with Gasteiger partial charge in [-0.25, -0.2) is 8.42 Å². The highest BCUT2D eigenvalue weighted by atomic mass is 32.2. The Balaban J connectivity index is 1.64. The first-order chi connectivity index (χ1) is 10.4. The molecule has 0 amide bonds. The first-order valence-corrected chi connectivity index (χ1v) is 9.53. The third kappa shape index (κ3) is 2.95. The fraction of sp³-hybridized carbons (Fsp3) is 0.462. The Hall–Kier alpha value is -1.61. The number of fused-ring (bicyclic) bond motifs is 1. The van der Waals surface area contributed by atoms with Crippen molar-refractivity contribution < 1.29 is 13.3 Å². The van der Waals surface area contributed by atoms with E-state index >= 15 is 0 Å². The zero-order valence-electron chi connectivity index (χ0n) is 11.9. The zero-order valence-corrected chi connectivity index (χ0v) is 13.5. The highest BCUT2D eigenvalue weighted by Gasteiger charge is 2.44. The van der Waals surface area contributed by atoms with E-state index in [9.17, 15) is 18.5 Å². The van der Waals surface area contributed by atoms with E-state index in [4.69, 9.17) is 0 Å². The molecule has 2 aliphatic rings. The van der Waals surface area contributed by atoms with Crippen LogP contribution in [-0.4, -0.2) is 54.0 Å². The molecule has 7 nitrogen and oxygen atoms in total. The van der Waals surface area contributed by atoms with Crippen molar-refractivity contribution in [2.45, 2.75) is 17.8 Å². The Bertz CT molecular complexity index is 730. The molecule has 0 aliphatic carbocycles. The van der Waals surface area contributed by atoms with E-state index in [1.807, 2.05) is 11.9 Å². The predicted molar refractivity (Wildman–Crippen MR) is 85.8 cm³/mol. The molecule has 0 saturated carbocycles. The van der Waals surface area contributed by atoms with Gasteiger partial charge >= 0.3 is 0 Å². The van der Waals surface area contributed by atoms with E-state index in [1.54, 1.807) is 12.1 Å². The molecule has 3 rings (SSSR count). The van der Waals surface area contributed by atoms with Gasteiger partial charge in [0.05, 0.1) is 28.5 Å². The smallest absolute Gasteiger partial charge is 0.269 e. The standard InChI is InChI=1S/C13H15N3O4S2/c1-15-12-8-22(19,20)7-11(12)14-13(15)21-6-9-2-4-10(5-3-9)16(17)18/h2-5,11-12H,6-8H2,1H3.